The van der Waals surface area contributed by atoms with Crippen LogP contribution < -0.4 is 0 Å². The lowest BCUT2D eigenvalue weighted by Crippen LogP contribution is -2.58. The zero-order chi connectivity index (χ0) is 14.2. The Morgan fingerprint density at radius 3 is 2.58 bits per heavy atom. The highest BCUT2D eigenvalue weighted by Crippen LogP contribution is 2.22. The Bertz CT molecular complexity index is 499. The third-order valence-corrected chi connectivity index (χ3v) is 4.90. The van der Waals surface area contributed by atoms with E-state index in [0.29, 0.717) is 0 Å². The minimum atomic E-state index is 0.0400. The lowest BCUT2D eigenvalue weighted by molar-refractivity contribution is 0.0311. The van der Waals surface area contributed by atoms with Crippen LogP contribution in [-0.2, 0) is 0 Å². The van der Waals surface area contributed by atoms with E-state index in [0.717, 1.165) is 35.2 Å². The summed E-state index contributed by atoms with van der Waals surface area (Å²) in [5.74, 6) is 0.136. The average Bonchev–Trinajstić information content (AvgIpc) is 2.35. The number of hydrogen-bond acceptors (Lipinski definition) is 2. The van der Waals surface area contributed by atoms with E-state index in [4.69, 9.17) is 0 Å². The molecule has 2 rings (SSSR count). The summed E-state index contributed by atoms with van der Waals surface area (Å²) in [6, 6.07) is 5.80. The molecule has 0 saturated carbocycles. The summed E-state index contributed by atoms with van der Waals surface area (Å²) in [5, 5.41) is 0. The molecule has 1 fully saturated rings. The fourth-order valence-electron chi connectivity index (χ4n) is 2.37. The van der Waals surface area contributed by atoms with Gasteiger partial charge in [0.2, 0.25) is 0 Å². The minimum Gasteiger partial charge on any atom is -0.336 e. The van der Waals surface area contributed by atoms with Crippen LogP contribution in [0, 0.1) is 6.92 Å². The van der Waals surface area contributed by atoms with Gasteiger partial charge in [-0.25, -0.2) is 0 Å². The van der Waals surface area contributed by atoms with Gasteiger partial charge in [-0.2, -0.15) is 0 Å². The zero-order valence-electron chi connectivity index (χ0n) is 12.0. The van der Waals surface area contributed by atoms with Crippen molar-refractivity contribution in [2.45, 2.75) is 26.3 Å². The summed E-state index contributed by atoms with van der Waals surface area (Å²) in [4.78, 5) is 16.8. The molecule has 0 unspecified atom stereocenters. The number of carbonyl (C=O) groups is 1. The lowest BCUT2D eigenvalue weighted by atomic mass is 9.99. The predicted molar refractivity (Wildman–Crippen MR) is 81.5 cm³/mol. The second-order valence-electron chi connectivity index (χ2n) is 5.92. The maximum Gasteiger partial charge on any atom is 0.253 e. The number of halogens is 1. The molecule has 1 aromatic carbocycles. The molecule has 1 saturated heterocycles. The highest BCUT2D eigenvalue weighted by Gasteiger charge is 2.33. The third kappa shape index (κ3) is 3.00. The van der Waals surface area contributed by atoms with Crippen molar-refractivity contribution in [2.75, 3.05) is 26.7 Å². The Labute approximate surface area is 123 Å². The molecule has 0 bridgehead atoms. The van der Waals surface area contributed by atoms with E-state index in [1.807, 2.05) is 30.0 Å². The van der Waals surface area contributed by atoms with Crippen molar-refractivity contribution in [3.63, 3.8) is 0 Å². The van der Waals surface area contributed by atoms with Gasteiger partial charge in [0, 0.05) is 35.2 Å². The smallest absolute Gasteiger partial charge is 0.253 e. The Morgan fingerprint density at radius 1 is 1.32 bits per heavy atom. The zero-order valence-corrected chi connectivity index (χ0v) is 13.6. The molecule has 0 N–H and O–H groups in total. The molecule has 1 heterocycles. The van der Waals surface area contributed by atoms with Crippen molar-refractivity contribution < 1.29 is 4.79 Å². The van der Waals surface area contributed by atoms with Crippen molar-refractivity contribution in [1.29, 1.82) is 0 Å². The first kappa shape index (κ1) is 14.5. The Morgan fingerprint density at radius 2 is 2.00 bits per heavy atom. The molecular formula is C15H21BrN2O. The van der Waals surface area contributed by atoms with E-state index in [1.165, 1.54) is 0 Å². The van der Waals surface area contributed by atoms with Crippen LogP contribution in [0.25, 0.3) is 0 Å². The van der Waals surface area contributed by atoms with Gasteiger partial charge in [-0.1, -0.05) is 15.9 Å². The quantitative estimate of drug-likeness (QED) is 0.793. The number of nitrogens with zero attached hydrogens (tertiary/aromatic N) is 2. The van der Waals surface area contributed by atoms with Gasteiger partial charge in [-0.15, -0.1) is 0 Å². The van der Waals surface area contributed by atoms with E-state index < -0.39 is 0 Å². The number of likely N-dealkylation sites (N-methyl/N-ethyl adjacent to an activating group) is 1. The molecule has 4 heteroatoms. The van der Waals surface area contributed by atoms with Crippen molar-refractivity contribution in [1.82, 2.24) is 9.80 Å². The molecule has 0 spiro atoms. The molecule has 1 amide bonds. The molecule has 1 aliphatic heterocycles. The SMILES string of the molecule is Cc1cc(C(=O)N2CCN(C)C(C)(C)C2)ccc1Br. The largest absolute Gasteiger partial charge is 0.336 e. The van der Waals surface area contributed by atoms with Gasteiger partial charge in [0.15, 0.2) is 0 Å². The van der Waals surface area contributed by atoms with Crippen LogP contribution in [0.2, 0.25) is 0 Å². The Balaban J connectivity index is 2.18. The number of carbonyl (C=O) groups excluding carboxylic acids is 1. The molecule has 0 radical (unpaired) electrons. The van der Waals surface area contributed by atoms with Crippen molar-refractivity contribution in [3.05, 3.63) is 33.8 Å². The van der Waals surface area contributed by atoms with Crippen molar-refractivity contribution >= 4 is 21.8 Å². The number of piperazine rings is 1. The first-order valence-electron chi connectivity index (χ1n) is 6.58. The number of benzene rings is 1. The van der Waals surface area contributed by atoms with Gasteiger partial charge in [0.1, 0.15) is 0 Å². The van der Waals surface area contributed by atoms with Crippen LogP contribution in [0.1, 0.15) is 29.8 Å². The number of aryl methyl sites for hydroxylation is 1. The van der Waals surface area contributed by atoms with Gasteiger partial charge in [-0.3, -0.25) is 9.69 Å². The second-order valence-corrected chi connectivity index (χ2v) is 6.78. The monoisotopic (exact) mass is 324 g/mol. The van der Waals surface area contributed by atoms with Crippen LogP contribution in [0.5, 0.6) is 0 Å². The number of amides is 1. The van der Waals surface area contributed by atoms with Crippen LogP contribution in [0.15, 0.2) is 22.7 Å². The molecule has 104 valence electrons. The van der Waals surface area contributed by atoms with Gasteiger partial charge in [0.05, 0.1) is 0 Å². The number of rotatable bonds is 1. The second kappa shape index (κ2) is 5.25. The predicted octanol–water partition coefficient (Wildman–Crippen LogP) is 2.92. The van der Waals surface area contributed by atoms with Gasteiger partial charge < -0.3 is 4.90 Å². The van der Waals surface area contributed by atoms with E-state index in [9.17, 15) is 4.79 Å². The molecule has 0 aromatic heterocycles. The summed E-state index contributed by atoms with van der Waals surface area (Å²) in [7, 11) is 2.12. The van der Waals surface area contributed by atoms with E-state index in [2.05, 4.69) is 41.7 Å². The lowest BCUT2D eigenvalue weighted by Gasteiger charge is -2.45. The fourth-order valence-corrected chi connectivity index (χ4v) is 2.62. The molecule has 0 aliphatic carbocycles. The van der Waals surface area contributed by atoms with Crippen molar-refractivity contribution in [3.8, 4) is 0 Å². The fraction of sp³-hybridized carbons (Fsp3) is 0.533. The molecule has 19 heavy (non-hydrogen) atoms. The average molecular weight is 325 g/mol. The maximum atomic E-state index is 12.5. The number of hydrogen-bond donors (Lipinski definition) is 0. The minimum absolute atomic E-state index is 0.0400. The van der Waals surface area contributed by atoms with Gasteiger partial charge >= 0.3 is 0 Å². The van der Waals surface area contributed by atoms with Crippen LogP contribution >= 0.6 is 15.9 Å². The van der Waals surface area contributed by atoms with E-state index in [1.54, 1.807) is 0 Å². The topological polar surface area (TPSA) is 23.6 Å². The first-order chi connectivity index (χ1) is 8.81. The third-order valence-electron chi connectivity index (χ3n) is 4.01. The van der Waals surface area contributed by atoms with Gasteiger partial charge in [-0.05, 0) is 51.6 Å². The summed E-state index contributed by atoms with van der Waals surface area (Å²) < 4.78 is 1.04. The molecule has 1 aliphatic rings. The molecule has 3 nitrogen and oxygen atoms in total. The van der Waals surface area contributed by atoms with Crippen LogP contribution in [0.4, 0.5) is 0 Å². The Kier molecular flexibility index (Phi) is 4.02. The van der Waals surface area contributed by atoms with E-state index in [-0.39, 0.29) is 11.4 Å². The Hall–Kier alpha value is -0.870. The molecular weight excluding hydrogens is 304 g/mol. The highest BCUT2D eigenvalue weighted by atomic mass is 79.9. The molecule has 0 atom stereocenters. The summed E-state index contributed by atoms with van der Waals surface area (Å²) in [5.41, 5.74) is 1.92. The maximum absolute atomic E-state index is 12.5. The first-order valence-corrected chi connectivity index (χ1v) is 7.37. The summed E-state index contributed by atoms with van der Waals surface area (Å²) >= 11 is 3.47. The molecule has 1 aromatic rings. The van der Waals surface area contributed by atoms with Crippen LogP contribution in [0.3, 0.4) is 0 Å². The van der Waals surface area contributed by atoms with E-state index >= 15 is 0 Å². The normalized spacial score (nSPS) is 19.5. The van der Waals surface area contributed by atoms with Crippen molar-refractivity contribution in [2.24, 2.45) is 0 Å². The standard InChI is InChI=1S/C15H21BrN2O/c1-11-9-12(5-6-13(11)16)14(19)18-8-7-17(4)15(2,3)10-18/h5-6,9H,7-8,10H2,1-4H3. The van der Waals surface area contributed by atoms with Gasteiger partial charge in [0.25, 0.3) is 5.91 Å². The highest BCUT2D eigenvalue weighted by molar-refractivity contribution is 9.10. The summed E-state index contributed by atoms with van der Waals surface area (Å²) in [6.45, 7) is 8.87. The van der Waals surface area contributed by atoms with Crippen LogP contribution in [-0.4, -0.2) is 47.9 Å². The summed E-state index contributed by atoms with van der Waals surface area (Å²) in [6.07, 6.45) is 0.